The molecule has 5 aliphatic heterocycles. The molecule has 1 unspecified atom stereocenters. The van der Waals surface area contributed by atoms with Crippen molar-refractivity contribution in [2.24, 2.45) is 33.5 Å². The number of carbonyl (C=O) groups is 9. The van der Waals surface area contributed by atoms with Gasteiger partial charge < -0.3 is 88.0 Å². The quantitative estimate of drug-likeness (QED) is 0.0179. The normalized spacial score (nSPS) is 16.1. The van der Waals surface area contributed by atoms with E-state index in [1.54, 1.807) is 111 Å². The molecule has 121 heavy (non-hydrogen) atoms. The highest BCUT2D eigenvalue weighted by atomic mass is 16.6. The van der Waals surface area contributed by atoms with E-state index in [2.05, 4.69) is 26.3 Å². The molecule has 33 heteroatoms. The first-order valence-electron chi connectivity index (χ1n) is 40.8. The van der Waals surface area contributed by atoms with Crippen molar-refractivity contribution < 1.29 is 109 Å². The van der Waals surface area contributed by atoms with Gasteiger partial charge in [0.25, 0.3) is 11.8 Å². The number of urea groups is 1. The number of amides is 9. The SMILES string of the molecule is COc1ccc(C2=CN3C(=O)c4cc(OC)c(OCCCOc5cc6c(cc5OC)C(=O)N5C=C(C)C[C@@H]5N=C6)cc4C=N[C@H]3C2)cc1.Cc1ccc(NC(=O)OCc2ccc(NC(=O)[C@H](CCCNC(N)=O)CC(=O)[C@@H](NC(=O)CCOCCOCCOCCOCCOCCOCCOCCOCCN3C(=O)CC(C)C3=O)C(C)C)cc2)cc1. The highest BCUT2D eigenvalue weighted by Gasteiger charge is 2.37. The van der Waals surface area contributed by atoms with Crippen LogP contribution in [0, 0.1) is 24.7 Å². The van der Waals surface area contributed by atoms with Crippen LogP contribution in [0.25, 0.3) is 5.57 Å². The van der Waals surface area contributed by atoms with Crippen LogP contribution >= 0.6 is 0 Å². The second-order valence-corrected chi connectivity index (χ2v) is 29.4. The molecule has 5 aromatic rings. The van der Waals surface area contributed by atoms with Gasteiger partial charge in [0.2, 0.25) is 23.6 Å². The number of aryl methyl sites for hydroxylation is 1. The van der Waals surface area contributed by atoms with Gasteiger partial charge in [-0.25, -0.2) is 9.59 Å². The minimum atomic E-state index is -0.842. The number of imide groups is 1. The van der Waals surface area contributed by atoms with Crippen molar-refractivity contribution in [3.63, 3.8) is 0 Å². The zero-order valence-electron chi connectivity index (χ0n) is 70.2. The van der Waals surface area contributed by atoms with Crippen LogP contribution < -0.4 is 50.7 Å². The summed E-state index contributed by atoms with van der Waals surface area (Å²) in [6.07, 6.45) is 8.70. The molecule has 10 rings (SSSR count). The molecule has 33 nitrogen and oxygen atoms in total. The van der Waals surface area contributed by atoms with E-state index in [1.165, 1.54) is 4.90 Å². The largest absolute Gasteiger partial charge is 0.497 e. The number of carbonyl (C=O) groups excluding carboxylic acids is 9. The molecule has 654 valence electrons. The Labute approximate surface area is 705 Å². The number of nitrogens with two attached hydrogens (primary N) is 1. The van der Waals surface area contributed by atoms with E-state index in [0.717, 1.165) is 34.4 Å². The van der Waals surface area contributed by atoms with Gasteiger partial charge in [0.15, 0.2) is 28.8 Å². The number of fused-ring (bicyclic) bond motifs is 4. The van der Waals surface area contributed by atoms with Gasteiger partial charge in [-0.15, -0.1) is 0 Å². The number of methoxy groups -OCH3 is 3. The number of nitrogens with one attached hydrogen (secondary N) is 4. The van der Waals surface area contributed by atoms with Crippen LogP contribution in [0.5, 0.6) is 28.7 Å². The van der Waals surface area contributed by atoms with Gasteiger partial charge in [-0.2, -0.15) is 0 Å². The van der Waals surface area contributed by atoms with E-state index in [4.69, 9.17) is 77.0 Å². The number of rotatable bonds is 51. The summed E-state index contributed by atoms with van der Waals surface area (Å²) in [6.45, 7) is 16.2. The van der Waals surface area contributed by atoms with Crippen LogP contribution in [-0.4, -0.2) is 252 Å². The standard InChI is InChI=1S/C51H78N6O16.C37H36N4O7/c1-37(2)47(44(58)35-41(6-5-16-53-50(52)63)48(61)54-42-13-9-40(10-14-42)36-73-51(64)55-43-11-7-38(3)8-12-43)56-45(59)15-18-65-20-22-67-24-26-69-28-30-71-32-33-72-31-29-70-27-25-68-23-21-66-19-17-57-46(60)34-39(4)49(57)62;1-22-12-34-38-18-24-13-32(30(45-3)16-28(24)36(42)40(34)20-22)47-10-5-11-48-33-14-25-19-39-35-15-26(23-6-8-27(44-2)9-7-23)21-41(35)37(43)29(25)17-31(33)46-4/h7-14,37,39,41,47H,5-6,15-36H2,1-4H3,(H,54,61)(H,55,64)(H,56,59)(H3,52,53,63);6-9,13-14,16-21,34-35H,5,10-12,15H2,1-4H3/t39?,41-,47+;34-,35-/m11/s1. The molecule has 0 spiro atoms. The van der Waals surface area contributed by atoms with Crippen molar-refractivity contribution in [3.8, 4) is 28.7 Å². The van der Waals surface area contributed by atoms with Crippen molar-refractivity contribution in [1.29, 1.82) is 0 Å². The average molecular weight is 1680 g/mol. The fourth-order valence-electron chi connectivity index (χ4n) is 13.3. The van der Waals surface area contributed by atoms with E-state index in [9.17, 15) is 43.2 Å². The minimum Gasteiger partial charge on any atom is -0.497 e. The highest BCUT2D eigenvalue weighted by molar-refractivity contribution is 6.07. The van der Waals surface area contributed by atoms with Crippen LogP contribution in [-0.2, 0) is 73.2 Å². The minimum absolute atomic E-state index is 0.00447. The van der Waals surface area contributed by atoms with Crippen LogP contribution in [0.1, 0.15) is 128 Å². The topological polar surface area (TPSA) is 391 Å². The number of ether oxygens (including phenoxy) is 14. The third-order valence-electron chi connectivity index (χ3n) is 19.9. The summed E-state index contributed by atoms with van der Waals surface area (Å²) < 4.78 is 77.9. The number of Topliss-reactive ketones (excluding diaryl/α,β-unsaturated/α-hetero) is 1. The van der Waals surface area contributed by atoms with E-state index < -0.39 is 30.0 Å². The van der Waals surface area contributed by atoms with Gasteiger partial charge in [-0.3, -0.25) is 63.6 Å². The maximum atomic E-state index is 13.7. The van der Waals surface area contributed by atoms with E-state index >= 15 is 0 Å². The Balaban J connectivity index is 0.000000297. The van der Waals surface area contributed by atoms with Gasteiger partial charge in [0, 0.05) is 104 Å². The van der Waals surface area contributed by atoms with Gasteiger partial charge in [-0.1, -0.05) is 68.3 Å². The molecule has 0 aliphatic carbocycles. The summed E-state index contributed by atoms with van der Waals surface area (Å²) in [4.78, 5) is 128. The Morgan fingerprint density at radius 3 is 1.56 bits per heavy atom. The second kappa shape index (κ2) is 49.5. The third kappa shape index (κ3) is 29.9. The molecule has 6 N–H and O–H groups in total. The molecule has 5 heterocycles. The number of hydrogen-bond acceptors (Lipinski definition) is 25. The lowest BCUT2D eigenvalue weighted by molar-refractivity contribution is -0.140. The number of aliphatic imine (C=N–C) groups is 2. The summed E-state index contributed by atoms with van der Waals surface area (Å²) >= 11 is 0. The lowest BCUT2D eigenvalue weighted by Gasteiger charge is -2.24. The molecular weight excluding hydrogens is 1570 g/mol. The number of ketones is 1. The number of benzene rings is 5. The third-order valence-corrected chi connectivity index (χ3v) is 19.9. The predicted octanol–water partition coefficient (Wildman–Crippen LogP) is 9.48. The van der Waals surface area contributed by atoms with Crippen LogP contribution in [0.3, 0.4) is 0 Å². The molecule has 5 aliphatic rings. The van der Waals surface area contributed by atoms with Gasteiger partial charge >= 0.3 is 12.1 Å². The van der Waals surface area contributed by atoms with Crippen molar-refractivity contribution in [2.45, 2.75) is 111 Å². The average Bonchev–Trinajstić information content (AvgIpc) is 1.64. The molecule has 0 radical (unpaired) electrons. The molecular formula is C88H114N10O23. The molecule has 0 bridgehead atoms. The zero-order chi connectivity index (χ0) is 86.4. The summed E-state index contributed by atoms with van der Waals surface area (Å²) in [5.41, 5.74) is 13.6. The van der Waals surface area contributed by atoms with Crippen LogP contribution in [0.15, 0.2) is 125 Å². The maximum absolute atomic E-state index is 13.7. The number of likely N-dealkylation sites (tertiary alicyclic amines) is 1. The first-order chi connectivity index (χ1) is 58.6. The molecule has 5 atom stereocenters. The lowest BCUT2D eigenvalue weighted by atomic mass is 9.89. The number of anilines is 2. The van der Waals surface area contributed by atoms with Crippen LogP contribution in [0.2, 0.25) is 0 Å². The number of hydrogen-bond donors (Lipinski definition) is 5. The van der Waals surface area contributed by atoms with Gasteiger partial charge in [0.1, 0.15) is 24.7 Å². The molecule has 9 amide bonds. The van der Waals surface area contributed by atoms with E-state index in [1.807, 2.05) is 76.5 Å². The molecule has 0 saturated carbocycles. The summed E-state index contributed by atoms with van der Waals surface area (Å²) in [5, 5.41) is 10.8. The fourth-order valence-corrected chi connectivity index (χ4v) is 13.3. The Kier molecular flexibility index (Phi) is 38.4. The van der Waals surface area contributed by atoms with Crippen molar-refractivity contribution >= 4 is 82.7 Å². The number of nitrogens with zero attached hydrogens (tertiary/aromatic N) is 5. The zero-order valence-corrected chi connectivity index (χ0v) is 70.2. The highest BCUT2D eigenvalue weighted by Crippen LogP contribution is 2.39. The Bertz CT molecular complexity index is 4390. The second-order valence-electron chi connectivity index (χ2n) is 29.4. The first-order valence-corrected chi connectivity index (χ1v) is 40.8. The molecule has 1 saturated heterocycles. The monoisotopic (exact) mass is 1680 g/mol. The Morgan fingerprint density at radius 1 is 0.554 bits per heavy atom. The smallest absolute Gasteiger partial charge is 0.411 e. The fraction of sp³-hybridized carbons (Fsp3) is 0.489. The molecule has 5 aromatic carbocycles. The van der Waals surface area contributed by atoms with E-state index in [-0.39, 0.29) is 125 Å². The maximum Gasteiger partial charge on any atom is 0.411 e. The van der Waals surface area contributed by atoms with Gasteiger partial charge in [-0.05, 0) is 110 Å². The van der Waals surface area contributed by atoms with E-state index in [0.29, 0.717) is 181 Å². The molecule has 0 aromatic heterocycles. The summed E-state index contributed by atoms with van der Waals surface area (Å²) in [7, 11) is 4.73. The summed E-state index contributed by atoms with van der Waals surface area (Å²) in [5.74, 6) is -0.188. The van der Waals surface area contributed by atoms with Crippen molar-refractivity contribution in [3.05, 3.63) is 154 Å². The van der Waals surface area contributed by atoms with Crippen LogP contribution in [0.4, 0.5) is 21.0 Å². The van der Waals surface area contributed by atoms with Crippen molar-refractivity contribution in [1.82, 2.24) is 25.3 Å². The lowest BCUT2D eigenvalue weighted by Crippen LogP contribution is -2.45. The van der Waals surface area contributed by atoms with Crippen molar-refractivity contribution in [2.75, 3.05) is 164 Å². The molecule has 1 fully saturated rings. The predicted molar refractivity (Wildman–Crippen MR) is 449 cm³/mol. The number of primary amides is 1. The Hall–Kier alpha value is -11.2. The Morgan fingerprint density at radius 2 is 1.06 bits per heavy atom. The van der Waals surface area contributed by atoms with Gasteiger partial charge in [0.05, 0.1) is 164 Å². The first kappa shape index (κ1) is 93.7. The summed E-state index contributed by atoms with van der Waals surface area (Å²) in [6, 6.07) is 27.3.